The molecule has 2 N–H and O–H groups in total. The fraction of sp³-hybridized carbons (Fsp3) is 0.417. The van der Waals surface area contributed by atoms with Crippen molar-refractivity contribution in [3.63, 3.8) is 0 Å². The SMILES string of the molecule is CCNC(=O)CN(CC)c1cc(C(=O)O)cc(Cl)n1. The van der Waals surface area contributed by atoms with Crippen LogP contribution in [0.25, 0.3) is 0 Å². The van der Waals surface area contributed by atoms with E-state index in [9.17, 15) is 9.59 Å². The number of aromatic nitrogens is 1. The first-order valence-corrected chi connectivity index (χ1v) is 6.28. The van der Waals surface area contributed by atoms with E-state index in [0.717, 1.165) is 0 Å². The minimum Gasteiger partial charge on any atom is -0.478 e. The molecule has 0 fully saturated rings. The number of pyridine rings is 1. The van der Waals surface area contributed by atoms with Crippen LogP contribution in [-0.2, 0) is 4.79 Å². The van der Waals surface area contributed by atoms with E-state index in [1.807, 2.05) is 13.8 Å². The van der Waals surface area contributed by atoms with Crippen molar-refractivity contribution < 1.29 is 14.7 Å². The van der Waals surface area contributed by atoms with Crippen molar-refractivity contribution in [3.05, 3.63) is 22.8 Å². The van der Waals surface area contributed by atoms with Gasteiger partial charge in [0.1, 0.15) is 11.0 Å². The maximum atomic E-state index is 11.6. The fourth-order valence-electron chi connectivity index (χ4n) is 1.55. The summed E-state index contributed by atoms with van der Waals surface area (Å²) in [5.74, 6) is -0.860. The summed E-state index contributed by atoms with van der Waals surface area (Å²) in [7, 11) is 0. The van der Waals surface area contributed by atoms with Crippen molar-refractivity contribution in [1.29, 1.82) is 0 Å². The minimum atomic E-state index is -1.08. The first-order chi connectivity index (χ1) is 8.97. The molecule has 104 valence electrons. The summed E-state index contributed by atoms with van der Waals surface area (Å²) in [6, 6.07) is 2.67. The second-order valence-electron chi connectivity index (χ2n) is 3.81. The first-order valence-electron chi connectivity index (χ1n) is 5.90. The number of aromatic carboxylic acids is 1. The standard InChI is InChI=1S/C12H16ClN3O3/c1-3-14-11(17)7-16(4-2)10-6-8(12(18)19)5-9(13)15-10/h5-6H,3-4,7H2,1-2H3,(H,14,17)(H,18,19). The van der Waals surface area contributed by atoms with Gasteiger partial charge < -0.3 is 15.3 Å². The monoisotopic (exact) mass is 285 g/mol. The zero-order chi connectivity index (χ0) is 14.4. The normalized spacial score (nSPS) is 10.1. The number of carbonyl (C=O) groups is 2. The lowest BCUT2D eigenvalue weighted by molar-refractivity contribution is -0.119. The maximum absolute atomic E-state index is 11.6. The topological polar surface area (TPSA) is 82.5 Å². The van der Waals surface area contributed by atoms with Gasteiger partial charge in [-0.15, -0.1) is 0 Å². The largest absolute Gasteiger partial charge is 0.478 e. The number of halogens is 1. The molecule has 1 aromatic heterocycles. The van der Waals surface area contributed by atoms with Gasteiger partial charge in [-0.2, -0.15) is 0 Å². The van der Waals surface area contributed by atoms with Crippen LogP contribution in [0.1, 0.15) is 24.2 Å². The summed E-state index contributed by atoms with van der Waals surface area (Å²) in [6.07, 6.45) is 0. The van der Waals surface area contributed by atoms with Crippen LogP contribution in [0.2, 0.25) is 5.15 Å². The molecule has 0 radical (unpaired) electrons. The van der Waals surface area contributed by atoms with Gasteiger partial charge in [0.25, 0.3) is 0 Å². The van der Waals surface area contributed by atoms with Crippen LogP contribution in [0.5, 0.6) is 0 Å². The summed E-state index contributed by atoms with van der Waals surface area (Å²) in [5, 5.41) is 11.7. The van der Waals surface area contributed by atoms with Crippen LogP contribution in [0.3, 0.4) is 0 Å². The predicted octanol–water partition coefficient (Wildman–Crippen LogP) is 1.40. The lowest BCUT2D eigenvalue weighted by atomic mass is 10.2. The molecular formula is C12H16ClN3O3. The van der Waals surface area contributed by atoms with Crippen molar-refractivity contribution in [2.24, 2.45) is 0 Å². The molecule has 1 aromatic rings. The number of amides is 1. The first kappa shape index (κ1) is 15.2. The maximum Gasteiger partial charge on any atom is 0.335 e. The Morgan fingerprint density at radius 3 is 2.63 bits per heavy atom. The summed E-state index contributed by atoms with van der Waals surface area (Å²) >= 11 is 5.79. The third kappa shape index (κ3) is 4.40. The van der Waals surface area contributed by atoms with Gasteiger partial charge in [0.2, 0.25) is 5.91 Å². The van der Waals surface area contributed by atoms with E-state index < -0.39 is 5.97 Å². The molecule has 0 unspecified atom stereocenters. The van der Waals surface area contributed by atoms with Crippen LogP contribution < -0.4 is 10.2 Å². The van der Waals surface area contributed by atoms with Gasteiger partial charge in [-0.05, 0) is 26.0 Å². The number of nitrogens with zero attached hydrogens (tertiary/aromatic N) is 2. The molecule has 0 bridgehead atoms. The van der Waals surface area contributed by atoms with Crippen molar-refractivity contribution in [2.75, 3.05) is 24.5 Å². The molecule has 0 spiro atoms. The molecule has 7 heteroatoms. The van der Waals surface area contributed by atoms with E-state index in [-0.39, 0.29) is 23.2 Å². The van der Waals surface area contributed by atoms with Gasteiger partial charge in [0.15, 0.2) is 0 Å². The van der Waals surface area contributed by atoms with Gasteiger partial charge >= 0.3 is 5.97 Å². The van der Waals surface area contributed by atoms with Gasteiger partial charge in [-0.3, -0.25) is 4.79 Å². The van der Waals surface area contributed by atoms with Crippen molar-refractivity contribution in [3.8, 4) is 0 Å². The van der Waals surface area contributed by atoms with Crippen molar-refractivity contribution in [1.82, 2.24) is 10.3 Å². The average Bonchev–Trinajstić information content (AvgIpc) is 2.35. The molecule has 0 saturated carbocycles. The zero-order valence-corrected chi connectivity index (χ0v) is 11.6. The number of carboxylic acids is 1. The number of anilines is 1. The predicted molar refractivity (Wildman–Crippen MR) is 72.8 cm³/mol. The number of carbonyl (C=O) groups excluding carboxylic acids is 1. The molecule has 0 aromatic carbocycles. The Morgan fingerprint density at radius 1 is 1.42 bits per heavy atom. The van der Waals surface area contributed by atoms with E-state index in [2.05, 4.69) is 10.3 Å². The molecule has 1 rings (SSSR count). The van der Waals surface area contributed by atoms with Crippen LogP contribution >= 0.6 is 11.6 Å². The second-order valence-corrected chi connectivity index (χ2v) is 4.20. The number of nitrogens with one attached hydrogen (secondary N) is 1. The molecule has 19 heavy (non-hydrogen) atoms. The number of carboxylic acid groups (broad SMARTS) is 1. The third-order valence-corrected chi connectivity index (χ3v) is 2.64. The summed E-state index contributed by atoms with van der Waals surface area (Å²) in [5.41, 5.74) is 0.0457. The number of likely N-dealkylation sites (N-methyl/N-ethyl adjacent to an activating group) is 2. The van der Waals surface area contributed by atoms with Crippen LogP contribution in [-0.4, -0.2) is 41.6 Å². The molecule has 0 atom stereocenters. The van der Waals surface area contributed by atoms with Gasteiger partial charge in [0.05, 0.1) is 12.1 Å². The highest BCUT2D eigenvalue weighted by Crippen LogP contribution is 2.18. The quantitative estimate of drug-likeness (QED) is 0.772. The Hall–Kier alpha value is -1.82. The number of hydrogen-bond acceptors (Lipinski definition) is 4. The van der Waals surface area contributed by atoms with E-state index in [0.29, 0.717) is 18.9 Å². The van der Waals surface area contributed by atoms with Crippen LogP contribution in [0.15, 0.2) is 12.1 Å². The van der Waals surface area contributed by atoms with Crippen molar-refractivity contribution in [2.45, 2.75) is 13.8 Å². The smallest absolute Gasteiger partial charge is 0.335 e. The lowest BCUT2D eigenvalue weighted by Crippen LogP contribution is -2.37. The average molecular weight is 286 g/mol. The number of rotatable bonds is 6. The van der Waals surface area contributed by atoms with Gasteiger partial charge in [-0.1, -0.05) is 11.6 Å². The molecule has 0 aliphatic heterocycles. The summed E-state index contributed by atoms with van der Waals surface area (Å²) in [4.78, 5) is 28.2. The Labute approximate surface area is 116 Å². The Balaban J connectivity index is 2.97. The minimum absolute atomic E-state index is 0.0457. The molecule has 1 amide bonds. The molecule has 0 aliphatic carbocycles. The number of hydrogen-bond donors (Lipinski definition) is 2. The van der Waals surface area contributed by atoms with Gasteiger partial charge in [0, 0.05) is 13.1 Å². The van der Waals surface area contributed by atoms with E-state index in [1.54, 1.807) is 4.90 Å². The molecule has 1 heterocycles. The third-order valence-electron chi connectivity index (χ3n) is 2.44. The molecule has 0 saturated heterocycles. The zero-order valence-electron chi connectivity index (χ0n) is 10.8. The highest BCUT2D eigenvalue weighted by Gasteiger charge is 2.14. The van der Waals surface area contributed by atoms with Crippen LogP contribution in [0.4, 0.5) is 5.82 Å². The summed E-state index contributed by atoms with van der Waals surface area (Å²) < 4.78 is 0. The fourth-order valence-corrected chi connectivity index (χ4v) is 1.75. The van der Waals surface area contributed by atoms with Crippen LogP contribution in [0, 0.1) is 0 Å². The lowest BCUT2D eigenvalue weighted by Gasteiger charge is -2.21. The highest BCUT2D eigenvalue weighted by atomic mass is 35.5. The Bertz CT molecular complexity index is 479. The molecular weight excluding hydrogens is 270 g/mol. The van der Waals surface area contributed by atoms with E-state index in [4.69, 9.17) is 16.7 Å². The van der Waals surface area contributed by atoms with Crippen molar-refractivity contribution >= 4 is 29.3 Å². The molecule has 6 nitrogen and oxygen atoms in total. The molecule has 0 aliphatic rings. The summed E-state index contributed by atoms with van der Waals surface area (Å²) in [6.45, 7) is 4.84. The highest BCUT2D eigenvalue weighted by molar-refractivity contribution is 6.29. The second kappa shape index (κ2) is 6.94. The van der Waals surface area contributed by atoms with E-state index >= 15 is 0 Å². The van der Waals surface area contributed by atoms with E-state index in [1.165, 1.54) is 12.1 Å². The van der Waals surface area contributed by atoms with Gasteiger partial charge in [-0.25, -0.2) is 9.78 Å². The Kier molecular flexibility index (Phi) is 5.57. The Morgan fingerprint density at radius 2 is 2.11 bits per heavy atom.